The number of imide groups is 1. The number of amides is 3. The van der Waals surface area contributed by atoms with Crippen molar-refractivity contribution in [1.82, 2.24) is 10.2 Å². The first kappa shape index (κ1) is 13.9. The number of urea groups is 1. The molecular formula is C14H17ClN2O2. The van der Waals surface area contributed by atoms with E-state index < -0.39 is 5.54 Å². The average Bonchev–Trinajstić information content (AvgIpc) is 2.66. The fourth-order valence-corrected chi connectivity index (χ4v) is 2.45. The summed E-state index contributed by atoms with van der Waals surface area (Å²) in [5.41, 5.74) is 0.152. The van der Waals surface area contributed by atoms with Crippen LogP contribution in [0, 0.1) is 0 Å². The Balaban J connectivity index is 2.19. The largest absolute Gasteiger partial charge is 0.325 e. The fraction of sp³-hybridized carbons (Fsp3) is 0.429. The van der Waals surface area contributed by atoms with Gasteiger partial charge < -0.3 is 5.32 Å². The number of halogens is 1. The van der Waals surface area contributed by atoms with Gasteiger partial charge in [0.1, 0.15) is 5.54 Å². The highest BCUT2D eigenvalue weighted by molar-refractivity contribution is 6.30. The first-order chi connectivity index (χ1) is 9.02. The summed E-state index contributed by atoms with van der Waals surface area (Å²) in [5, 5.41) is 3.45. The van der Waals surface area contributed by atoms with Gasteiger partial charge in [-0.1, -0.05) is 37.6 Å². The van der Waals surface area contributed by atoms with E-state index in [1.54, 1.807) is 12.1 Å². The zero-order valence-corrected chi connectivity index (χ0v) is 11.8. The van der Waals surface area contributed by atoms with Gasteiger partial charge >= 0.3 is 6.03 Å². The van der Waals surface area contributed by atoms with Crippen LogP contribution in [0.1, 0.15) is 32.3 Å². The van der Waals surface area contributed by atoms with Gasteiger partial charge in [0.2, 0.25) is 0 Å². The lowest BCUT2D eigenvalue weighted by Gasteiger charge is -2.23. The Kier molecular flexibility index (Phi) is 3.80. The molecule has 1 N–H and O–H groups in total. The SMILES string of the molecule is CCC1(CC)NC(=O)N(Cc2ccc(Cl)cc2)C1=O. The number of carbonyl (C=O) groups is 2. The summed E-state index contributed by atoms with van der Waals surface area (Å²) in [4.78, 5) is 25.6. The molecule has 5 heteroatoms. The fourth-order valence-electron chi connectivity index (χ4n) is 2.32. The standard InChI is InChI=1S/C14H17ClN2O2/c1-3-14(4-2)12(18)17(13(19)16-14)9-10-5-7-11(15)8-6-10/h5-8H,3-4,9H2,1-2H3,(H,16,19). The summed E-state index contributed by atoms with van der Waals surface area (Å²) < 4.78 is 0. The molecule has 1 aliphatic heterocycles. The molecule has 1 aliphatic rings. The van der Waals surface area contributed by atoms with Gasteiger partial charge in [0.25, 0.3) is 5.91 Å². The van der Waals surface area contributed by atoms with Gasteiger partial charge in [-0.05, 0) is 30.5 Å². The van der Waals surface area contributed by atoms with E-state index in [4.69, 9.17) is 11.6 Å². The maximum atomic E-state index is 12.4. The second kappa shape index (κ2) is 5.21. The molecule has 4 nitrogen and oxygen atoms in total. The molecule has 0 radical (unpaired) electrons. The van der Waals surface area contributed by atoms with E-state index in [2.05, 4.69) is 5.32 Å². The van der Waals surface area contributed by atoms with Crippen LogP contribution in [-0.2, 0) is 11.3 Å². The molecule has 0 bridgehead atoms. The number of hydrogen-bond acceptors (Lipinski definition) is 2. The van der Waals surface area contributed by atoms with Crippen molar-refractivity contribution in [2.75, 3.05) is 0 Å². The van der Waals surface area contributed by atoms with Crippen molar-refractivity contribution >= 4 is 23.5 Å². The molecule has 0 saturated carbocycles. The highest BCUT2D eigenvalue weighted by Gasteiger charge is 2.48. The van der Waals surface area contributed by atoms with Gasteiger partial charge in [0, 0.05) is 5.02 Å². The molecule has 19 heavy (non-hydrogen) atoms. The Bertz CT molecular complexity index is 495. The van der Waals surface area contributed by atoms with E-state index in [-0.39, 0.29) is 18.5 Å². The van der Waals surface area contributed by atoms with Crippen molar-refractivity contribution in [2.45, 2.75) is 38.8 Å². The minimum absolute atomic E-state index is 0.141. The van der Waals surface area contributed by atoms with Gasteiger partial charge in [-0.3, -0.25) is 9.69 Å². The monoisotopic (exact) mass is 280 g/mol. The van der Waals surface area contributed by atoms with Crippen LogP contribution in [0.5, 0.6) is 0 Å². The first-order valence-corrected chi connectivity index (χ1v) is 6.78. The summed E-state index contributed by atoms with van der Waals surface area (Å²) >= 11 is 5.82. The van der Waals surface area contributed by atoms with E-state index in [9.17, 15) is 9.59 Å². The first-order valence-electron chi connectivity index (χ1n) is 6.41. The van der Waals surface area contributed by atoms with Crippen LogP contribution in [0.3, 0.4) is 0 Å². The Hall–Kier alpha value is -1.55. The number of benzene rings is 1. The maximum Gasteiger partial charge on any atom is 0.325 e. The Morgan fingerprint density at radius 3 is 2.21 bits per heavy atom. The quantitative estimate of drug-likeness (QED) is 0.862. The summed E-state index contributed by atoms with van der Waals surface area (Å²) in [7, 11) is 0. The third-order valence-corrected chi connectivity index (χ3v) is 3.96. The Morgan fingerprint density at radius 2 is 1.74 bits per heavy atom. The smallest absolute Gasteiger partial charge is 0.323 e. The summed E-state index contributed by atoms with van der Waals surface area (Å²) in [5.74, 6) is -0.141. The molecule has 1 aromatic rings. The van der Waals surface area contributed by atoms with E-state index in [0.29, 0.717) is 17.9 Å². The lowest BCUT2D eigenvalue weighted by Crippen LogP contribution is -2.45. The predicted octanol–water partition coefficient (Wildman–Crippen LogP) is 2.95. The Labute approximate surface area is 117 Å². The number of nitrogens with one attached hydrogen (secondary N) is 1. The van der Waals surface area contributed by atoms with Crippen LogP contribution >= 0.6 is 11.6 Å². The third-order valence-electron chi connectivity index (χ3n) is 3.71. The van der Waals surface area contributed by atoms with Crippen molar-refractivity contribution < 1.29 is 9.59 Å². The van der Waals surface area contributed by atoms with E-state index >= 15 is 0 Å². The molecule has 1 saturated heterocycles. The Morgan fingerprint density at radius 1 is 1.16 bits per heavy atom. The maximum absolute atomic E-state index is 12.4. The van der Waals surface area contributed by atoms with Gasteiger partial charge in [0.05, 0.1) is 6.54 Å². The van der Waals surface area contributed by atoms with Crippen LogP contribution in [0.15, 0.2) is 24.3 Å². The number of hydrogen-bond donors (Lipinski definition) is 1. The lowest BCUT2D eigenvalue weighted by atomic mass is 9.93. The number of carbonyl (C=O) groups excluding carboxylic acids is 2. The van der Waals surface area contributed by atoms with E-state index in [1.165, 1.54) is 4.90 Å². The zero-order valence-electron chi connectivity index (χ0n) is 11.1. The normalized spacial score (nSPS) is 17.7. The summed E-state index contributed by atoms with van der Waals surface area (Å²) in [6, 6.07) is 6.83. The predicted molar refractivity (Wildman–Crippen MR) is 73.8 cm³/mol. The molecule has 1 heterocycles. The second-order valence-electron chi connectivity index (χ2n) is 4.74. The molecule has 0 aliphatic carbocycles. The number of rotatable bonds is 4. The molecule has 0 unspecified atom stereocenters. The van der Waals surface area contributed by atoms with Gasteiger partial charge in [-0.25, -0.2) is 4.79 Å². The molecule has 1 aromatic carbocycles. The minimum atomic E-state index is -0.733. The van der Waals surface area contributed by atoms with Crippen molar-refractivity contribution in [3.05, 3.63) is 34.9 Å². The summed E-state index contributed by atoms with van der Waals surface area (Å²) in [6.07, 6.45) is 1.20. The highest BCUT2D eigenvalue weighted by Crippen LogP contribution is 2.26. The number of nitrogens with zero attached hydrogens (tertiary/aromatic N) is 1. The molecule has 1 fully saturated rings. The third kappa shape index (κ3) is 2.45. The average molecular weight is 281 g/mol. The van der Waals surface area contributed by atoms with Crippen molar-refractivity contribution in [1.29, 1.82) is 0 Å². The molecule has 0 aromatic heterocycles. The van der Waals surface area contributed by atoms with Crippen molar-refractivity contribution in [2.24, 2.45) is 0 Å². The van der Waals surface area contributed by atoms with Crippen molar-refractivity contribution in [3.8, 4) is 0 Å². The van der Waals surface area contributed by atoms with Crippen LogP contribution in [0.2, 0.25) is 5.02 Å². The van der Waals surface area contributed by atoms with Crippen LogP contribution < -0.4 is 5.32 Å². The lowest BCUT2D eigenvalue weighted by molar-refractivity contribution is -0.132. The molecule has 102 valence electrons. The topological polar surface area (TPSA) is 49.4 Å². The molecule has 0 spiro atoms. The zero-order chi connectivity index (χ0) is 14.0. The van der Waals surface area contributed by atoms with Gasteiger partial charge in [-0.2, -0.15) is 0 Å². The van der Waals surface area contributed by atoms with Gasteiger partial charge in [-0.15, -0.1) is 0 Å². The minimum Gasteiger partial charge on any atom is -0.323 e. The van der Waals surface area contributed by atoms with Crippen LogP contribution in [0.4, 0.5) is 4.79 Å². The molecule has 3 amide bonds. The molecular weight excluding hydrogens is 264 g/mol. The van der Waals surface area contributed by atoms with E-state index in [0.717, 1.165) is 5.56 Å². The van der Waals surface area contributed by atoms with Gasteiger partial charge in [0.15, 0.2) is 0 Å². The van der Waals surface area contributed by atoms with Crippen LogP contribution in [0.25, 0.3) is 0 Å². The van der Waals surface area contributed by atoms with Crippen molar-refractivity contribution in [3.63, 3.8) is 0 Å². The van der Waals surface area contributed by atoms with Crippen LogP contribution in [-0.4, -0.2) is 22.4 Å². The molecule has 2 rings (SSSR count). The summed E-state index contributed by atoms with van der Waals surface area (Å²) in [6.45, 7) is 4.10. The molecule has 0 atom stereocenters. The van der Waals surface area contributed by atoms with E-state index in [1.807, 2.05) is 26.0 Å². The second-order valence-corrected chi connectivity index (χ2v) is 5.17. The highest BCUT2D eigenvalue weighted by atomic mass is 35.5.